The van der Waals surface area contributed by atoms with Crippen LogP contribution in [0, 0.1) is 0 Å². The molecule has 174 valence electrons. The van der Waals surface area contributed by atoms with E-state index in [4.69, 9.17) is 4.42 Å². The van der Waals surface area contributed by atoms with E-state index in [0.29, 0.717) is 5.56 Å². The summed E-state index contributed by atoms with van der Waals surface area (Å²) in [5, 5.41) is 4.63. The van der Waals surface area contributed by atoms with Crippen molar-refractivity contribution >= 4 is 40.8 Å². The van der Waals surface area contributed by atoms with E-state index < -0.39 is 23.7 Å². The van der Waals surface area contributed by atoms with E-state index in [1.54, 1.807) is 6.07 Å². The van der Waals surface area contributed by atoms with Crippen LogP contribution in [0.1, 0.15) is 22.5 Å². The summed E-state index contributed by atoms with van der Waals surface area (Å²) >= 11 is 0.744. The minimum absolute atomic E-state index is 0.0134. The normalized spacial score (nSPS) is 14.8. The molecule has 2 aromatic rings. The smallest absolute Gasteiger partial charge is 0.387 e. The van der Waals surface area contributed by atoms with Gasteiger partial charge in [-0.25, -0.2) is 0 Å². The third-order valence-corrected chi connectivity index (χ3v) is 5.22. The summed E-state index contributed by atoms with van der Waals surface area (Å²) in [6.45, 7) is -2.81. The molecule has 4 amide bonds. The van der Waals surface area contributed by atoms with E-state index in [9.17, 15) is 28.0 Å². The van der Waals surface area contributed by atoms with Crippen LogP contribution in [0.5, 0.6) is 5.75 Å². The summed E-state index contributed by atoms with van der Waals surface area (Å²) < 4.78 is 33.6. The molecular formula is C21H19F2N3O6S. The van der Waals surface area contributed by atoms with Crippen LogP contribution in [0.4, 0.5) is 13.6 Å². The highest BCUT2D eigenvalue weighted by Gasteiger charge is 2.34. The maximum absolute atomic E-state index is 12.5. The molecule has 0 spiro atoms. The number of halogens is 2. The Kier molecular flexibility index (Phi) is 8.19. The van der Waals surface area contributed by atoms with Crippen LogP contribution >= 0.6 is 11.8 Å². The number of carbonyl (C=O) groups is 4. The fraction of sp³-hybridized carbons (Fsp3) is 0.238. The highest BCUT2D eigenvalue weighted by atomic mass is 32.2. The number of hydrogen-bond acceptors (Lipinski definition) is 7. The molecule has 3 rings (SSSR count). The van der Waals surface area contributed by atoms with Crippen molar-refractivity contribution in [3.05, 3.63) is 58.9 Å². The Labute approximate surface area is 191 Å². The predicted molar refractivity (Wildman–Crippen MR) is 114 cm³/mol. The number of nitrogens with zero attached hydrogens (tertiary/aromatic N) is 1. The average molecular weight is 479 g/mol. The fourth-order valence-corrected chi connectivity index (χ4v) is 3.63. The first-order valence-corrected chi connectivity index (χ1v) is 10.5. The molecule has 0 bridgehead atoms. The number of alkyl halides is 2. The van der Waals surface area contributed by atoms with Crippen molar-refractivity contribution in [3.63, 3.8) is 0 Å². The number of nitrogens with one attached hydrogen (secondary N) is 2. The Hall–Kier alpha value is -3.67. The maximum atomic E-state index is 12.5. The fourth-order valence-electron chi connectivity index (χ4n) is 2.77. The zero-order valence-corrected chi connectivity index (χ0v) is 17.9. The van der Waals surface area contributed by atoms with Crippen molar-refractivity contribution in [3.8, 4) is 5.75 Å². The Balaban J connectivity index is 1.42. The molecule has 9 nitrogen and oxygen atoms in total. The van der Waals surface area contributed by atoms with Gasteiger partial charge in [-0.1, -0.05) is 12.1 Å². The van der Waals surface area contributed by atoms with Gasteiger partial charge in [0.2, 0.25) is 5.91 Å². The molecule has 1 aromatic heterocycles. The number of rotatable bonds is 10. The van der Waals surface area contributed by atoms with Crippen LogP contribution in [-0.2, 0) is 9.59 Å². The molecule has 12 heteroatoms. The molecule has 1 aliphatic rings. The van der Waals surface area contributed by atoms with Crippen molar-refractivity contribution in [1.29, 1.82) is 0 Å². The molecule has 1 aromatic carbocycles. The van der Waals surface area contributed by atoms with Gasteiger partial charge in [-0.3, -0.25) is 24.1 Å². The van der Waals surface area contributed by atoms with Gasteiger partial charge in [0.1, 0.15) is 5.75 Å². The molecule has 0 aliphatic carbocycles. The van der Waals surface area contributed by atoms with Gasteiger partial charge in [0, 0.05) is 26.1 Å². The van der Waals surface area contributed by atoms with E-state index in [1.165, 1.54) is 42.7 Å². The lowest BCUT2D eigenvalue weighted by molar-refractivity contribution is -0.124. The highest BCUT2D eigenvalue weighted by Crippen LogP contribution is 2.32. The number of thioether (sulfide) groups is 1. The van der Waals surface area contributed by atoms with E-state index in [2.05, 4.69) is 15.4 Å². The molecule has 0 unspecified atom stereocenters. The zero-order valence-electron chi connectivity index (χ0n) is 17.1. The van der Waals surface area contributed by atoms with Crippen molar-refractivity contribution in [2.75, 3.05) is 19.6 Å². The number of amides is 4. The SMILES string of the molecule is O=C(CCNC(=O)c1ccco1)NCCN1C(=O)S/C(=C/c2ccc(OC(F)F)cc2)C1=O. The standard InChI is InChI=1S/C21H19F2N3O6S/c22-20(23)32-14-5-3-13(4-6-14)12-16-19(29)26(21(30)33-16)10-9-24-17(27)7-8-25-18(28)15-2-1-11-31-15/h1-6,11-12,20H,7-10H2,(H,24,27)(H,25,28)/b16-12+. The Morgan fingerprint density at radius 2 is 1.88 bits per heavy atom. The van der Waals surface area contributed by atoms with Crippen LogP contribution < -0.4 is 15.4 Å². The molecule has 1 saturated heterocycles. The van der Waals surface area contributed by atoms with Gasteiger partial charge in [0.25, 0.3) is 17.1 Å². The molecule has 0 atom stereocenters. The second-order valence-corrected chi connectivity index (χ2v) is 7.61. The third kappa shape index (κ3) is 6.91. The number of carbonyl (C=O) groups excluding carboxylic acids is 4. The van der Waals surface area contributed by atoms with E-state index in [1.807, 2.05) is 0 Å². The zero-order chi connectivity index (χ0) is 23.8. The first-order valence-electron chi connectivity index (χ1n) is 9.72. The summed E-state index contributed by atoms with van der Waals surface area (Å²) in [5.74, 6) is -1.19. The summed E-state index contributed by atoms with van der Waals surface area (Å²) in [4.78, 5) is 49.4. The molecule has 0 radical (unpaired) electrons. The van der Waals surface area contributed by atoms with Crippen LogP contribution in [0.15, 0.2) is 52.0 Å². The molecule has 2 heterocycles. The Morgan fingerprint density at radius 1 is 1.12 bits per heavy atom. The van der Waals surface area contributed by atoms with Gasteiger partial charge in [0.05, 0.1) is 11.2 Å². The van der Waals surface area contributed by atoms with Crippen molar-refractivity contribution < 1.29 is 37.1 Å². The molecule has 1 fully saturated rings. The molecule has 1 aliphatic heterocycles. The summed E-state index contributed by atoms with van der Waals surface area (Å²) in [7, 11) is 0. The van der Waals surface area contributed by atoms with Crippen LogP contribution in [-0.4, -0.2) is 54.1 Å². The van der Waals surface area contributed by atoms with Crippen molar-refractivity contribution in [2.24, 2.45) is 0 Å². The predicted octanol–water partition coefficient (Wildman–Crippen LogP) is 2.85. The van der Waals surface area contributed by atoms with Gasteiger partial charge in [0.15, 0.2) is 5.76 Å². The lowest BCUT2D eigenvalue weighted by atomic mass is 10.2. The molecule has 33 heavy (non-hydrogen) atoms. The summed E-state index contributed by atoms with van der Waals surface area (Å²) in [6, 6.07) is 8.69. The Bertz CT molecular complexity index is 1040. The minimum atomic E-state index is -2.94. The monoisotopic (exact) mass is 479 g/mol. The highest BCUT2D eigenvalue weighted by molar-refractivity contribution is 8.18. The first kappa shape index (κ1) is 24.0. The number of ether oxygens (including phenoxy) is 1. The van der Waals surface area contributed by atoms with E-state index >= 15 is 0 Å². The van der Waals surface area contributed by atoms with Gasteiger partial charge in [-0.2, -0.15) is 8.78 Å². The summed E-state index contributed by atoms with van der Waals surface area (Å²) in [5.41, 5.74) is 0.534. The Morgan fingerprint density at radius 3 is 2.55 bits per heavy atom. The van der Waals surface area contributed by atoms with Gasteiger partial charge >= 0.3 is 6.61 Å². The number of furan rings is 1. The quantitative estimate of drug-likeness (QED) is 0.503. The van der Waals surface area contributed by atoms with Crippen molar-refractivity contribution in [2.45, 2.75) is 13.0 Å². The number of imide groups is 1. The third-order valence-electron chi connectivity index (χ3n) is 4.32. The lowest BCUT2D eigenvalue weighted by Crippen LogP contribution is -2.38. The second-order valence-electron chi connectivity index (χ2n) is 6.61. The van der Waals surface area contributed by atoms with Crippen LogP contribution in [0.3, 0.4) is 0 Å². The molecule has 0 saturated carbocycles. The van der Waals surface area contributed by atoms with Gasteiger partial charge in [-0.15, -0.1) is 0 Å². The lowest BCUT2D eigenvalue weighted by Gasteiger charge is -2.13. The van der Waals surface area contributed by atoms with E-state index in [0.717, 1.165) is 16.7 Å². The van der Waals surface area contributed by atoms with Crippen LogP contribution in [0.25, 0.3) is 6.08 Å². The van der Waals surface area contributed by atoms with Gasteiger partial charge in [-0.05, 0) is 47.7 Å². The topological polar surface area (TPSA) is 118 Å². The second kappa shape index (κ2) is 11.3. The van der Waals surface area contributed by atoms with Crippen molar-refractivity contribution in [1.82, 2.24) is 15.5 Å². The van der Waals surface area contributed by atoms with Crippen LogP contribution in [0.2, 0.25) is 0 Å². The largest absolute Gasteiger partial charge is 0.459 e. The number of hydrogen-bond donors (Lipinski definition) is 2. The van der Waals surface area contributed by atoms with E-state index in [-0.39, 0.29) is 48.4 Å². The number of benzene rings is 1. The minimum Gasteiger partial charge on any atom is -0.459 e. The average Bonchev–Trinajstić information content (AvgIpc) is 3.39. The summed E-state index contributed by atoms with van der Waals surface area (Å²) in [6.07, 6.45) is 2.85. The first-order chi connectivity index (χ1) is 15.8. The molecular weight excluding hydrogens is 460 g/mol. The maximum Gasteiger partial charge on any atom is 0.387 e. The molecule has 2 N–H and O–H groups in total. The van der Waals surface area contributed by atoms with Gasteiger partial charge < -0.3 is 19.8 Å².